The van der Waals surface area contributed by atoms with Gasteiger partial charge in [-0.1, -0.05) is 27.3 Å². The zero-order valence-corrected chi connectivity index (χ0v) is 7.11. The molecule has 2 nitrogen and oxygen atoms in total. The van der Waals surface area contributed by atoms with Crippen molar-refractivity contribution in [1.29, 1.82) is 0 Å². The van der Waals surface area contributed by atoms with Crippen LogP contribution in [0.15, 0.2) is 16.4 Å². The third kappa shape index (κ3) is 1.66. The van der Waals surface area contributed by atoms with Crippen LogP contribution in [0.5, 0.6) is 0 Å². The van der Waals surface area contributed by atoms with Crippen molar-refractivity contribution in [3.8, 4) is 0 Å². The summed E-state index contributed by atoms with van der Waals surface area (Å²) in [6.45, 7) is 0.766. The third-order valence-electron chi connectivity index (χ3n) is 0.970. The van der Waals surface area contributed by atoms with Gasteiger partial charge in [-0.25, -0.2) is 0 Å². The van der Waals surface area contributed by atoms with Crippen molar-refractivity contribution in [2.45, 2.75) is 6.54 Å². The van der Waals surface area contributed by atoms with Gasteiger partial charge in [-0.3, -0.25) is 4.79 Å². The summed E-state index contributed by atoms with van der Waals surface area (Å²) in [5.74, 6) is 0. The number of hydrogen-bond donors (Lipinski definition) is 0. The number of aromatic nitrogens is 1. The van der Waals surface area contributed by atoms with Gasteiger partial charge < -0.3 is 4.57 Å². The summed E-state index contributed by atoms with van der Waals surface area (Å²) in [4.78, 5) is 10.9. The molecule has 0 aliphatic heterocycles. The number of alkyl halides is 1. The molecule has 0 amide bonds. The van der Waals surface area contributed by atoms with E-state index in [1.807, 2.05) is 0 Å². The van der Waals surface area contributed by atoms with Gasteiger partial charge >= 0.3 is 4.87 Å². The van der Waals surface area contributed by atoms with E-state index in [1.165, 1.54) is 11.3 Å². The minimum Gasteiger partial charge on any atom is -0.305 e. The first-order chi connectivity index (χ1) is 4.34. The molecule has 50 valence electrons. The molecule has 0 saturated heterocycles. The summed E-state index contributed by atoms with van der Waals surface area (Å²) in [6, 6.07) is 0. The molecule has 0 radical (unpaired) electrons. The zero-order chi connectivity index (χ0) is 6.69. The molecular weight excluding hydrogens is 202 g/mol. The predicted octanol–water partition coefficient (Wildman–Crippen LogP) is 1.30. The normalized spacial score (nSPS) is 9.89. The third-order valence-corrected chi connectivity index (χ3v) is 2.02. The molecule has 0 aliphatic carbocycles. The highest BCUT2D eigenvalue weighted by atomic mass is 79.9. The second-order valence-corrected chi connectivity index (χ2v) is 3.20. The van der Waals surface area contributed by atoms with Crippen molar-refractivity contribution in [2.75, 3.05) is 5.33 Å². The molecule has 1 aromatic rings. The molecule has 1 heterocycles. The van der Waals surface area contributed by atoms with E-state index in [0.29, 0.717) is 0 Å². The van der Waals surface area contributed by atoms with Gasteiger partial charge in [-0.05, 0) is 0 Å². The van der Waals surface area contributed by atoms with Crippen molar-refractivity contribution in [1.82, 2.24) is 4.57 Å². The van der Waals surface area contributed by atoms with Gasteiger partial charge in [0.05, 0.1) is 0 Å². The summed E-state index contributed by atoms with van der Waals surface area (Å²) in [5.41, 5.74) is 0. The quantitative estimate of drug-likeness (QED) is 0.671. The maximum absolute atomic E-state index is 10.8. The molecule has 9 heavy (non-hydrogen) atoms. The standard InChI is InChI=1S/C5H6BrNOS/c6-1-2-7-3-4-9-5(7)8/h3-4H,1-2H2. The molecule has 0 unspecified atom stereocenters. The van der Waals surface area contributed by atoms with Crippen LogP contribution in [0.25, 0.3) is 0 Å². The van der Waals surface area contributed by atoms with E-state index in [2.05, 4.69) is 15.9 Å². The average molecular weight is 208 g/mol. The Kier molecular flexibility index (Phi) is 2.48. The molecule has 0 spiro atoms. The Hall–Kier alpha value is -0.0900. The van der Waals surface area contributed by atoms with E-state index in [9.17, 15) is 4.79 Å². The minimum atomic E-state index is 0.120. The van der Waals surface area contributed by atoms with Crippen molar-refractivity contribution < 1.29 is 0 Å². The molecule has 4 heteroatoms. The first kappa shape index (κ1) is 7.02. The Labute approximate surface area is 65.3 Å². The summed E-state index contributed by atoms with van der Waals surface area (Å²) in [5, 5.41) is 2.63. The first-order valence-corrected chi connectivity index (χ1v) is 4.54. The Balaban J connectivity index is 2.81. The SMILES string of the molecule is O=c1sccn1CCBr. The van der Waals surface area contributed by atoms with Crippen LogP contribution in [0.2, 0.25) is 0 Å². The largest absolute Gasteiger partial charge is 0.307 e. The number of nitrogens with zero attached hydrogens (tertiary/aromatic N) is 1. The van der Waals surface area contributed by atoms with E-state index in [-0.39, 0.29) is 4.87 Å². The fourth-order valence-corrected chi connectivity index (χ4v) is 1.54. The lowest BCUT2D eigenvalue weighted by molar-refractivity contribution is 0.761. The zero-order valence-electron chi connectivity index (χ0n) is 4.71. The number of aryl methyl sites for hydroxylation is 1. The van der Waals surface area contributed by atoms with Gasteiger partial charge in [0.2, 0.25) is 0 Å². The lowest BCUT2D eigenvalue weighted by Gasteiger charge is -1.91. The van der Waals surface area contributed by atoms with Gasteiger partial charge in [-0.2, -0.15) is 0 Å². The maximum Gasteiger partial charge on any atom is 0.307 e. The maximum atomic E-state index is 10.8. The van der Waals surface area contributed by atoms with Crippen molar-refractivity contribution in [3.05, 3.63) is 21.2 Å². The van der Waals surface area contributed by atoms with Crippen LogP contribution in [0.1, 0.15) is 0 Å². The Morgan fingerprint density at radius 1 is 1.78 bits per heavy atom. The fraction of sp³-hybridized carbons (Fsp3) is 0.400. The topological polar surface area (TPSA) is 22.0 Å². The molecular formula is C5H6BrNOS. The van der Waals surface area contributed by atoms with Crippen LogP contribution in [0, 0.1) is 0 Å². The monoisotopic (exact) mass is 207 g/mol. The molecule has 0 N–H and O–H groups in total. The highest BCUT2D eigenvalue weighted by molar-refractivity contribution is 9.09. The van der Waals surface area contributed by atoms with Crippen LogP contribution < -0.4 is 4.87 Å². The average Bonchev–Trinajstić information content (AvgIpc) is 2.18. The van der Waals surface area contributed by atoms with E-state index in [1.54, 1.807) is 16.1 Å². The van der Waals surface area contributed by atoms with Gasteiger partial charge in [-0.15, -0.1) is 0 Å². The predicted molar refractivity (Wildman–Crippen MR) is 42.4 cm³/mol. The number of thiazole rings is 1. The molecule has 0 aliphatic rings. The lowest BCUT2D eigenvalue weighted by atomic mass is 10.7. The minimum absolute atomic E-state index is 0.120. The van der Waals surface area contributed by atoms with Gasteiger partial charge in [0.1, 0.15) is 0 Å². The molecule has 0 aromatic carbocycles. The van der Waals surface area contributed by atoms with Crippen molar-refractivity contribution >= 4 is 27.3 Å². The summed E-state index contributed by atoms with van der Waals surface area (Å²) < 4.78 is 1.68. The number of halogens is 1. The second kappa shape index (κ2) is 3.17. The number of hydrogen-bond acceptors (Lipinski definition) is 2. The van der Waals surface area contributed by atoms with Crippen LogP contribution in [-0.4, -0.2) is 9.90 Å². The first-order valence-electron chi connectivity index (χ1n) is 2.54. The Morgan fingerprint density at radius 3 is 3.00 bits per heavy atom. The fourth-order valence-electron chi connectivity index (χ4n) is 0.548. The lowest BCUT2D eigenvalue weighted by Crippen LogP contribution is -2.11. The molecule has 1 aromatic heterocycles. The van der Waals surface area contributed by atoms with Crippen LogP contribution >= 0.6 is 27.3 Å². The highest BCUT2D eigenvalue weighted by Crippen LogP contribution is 1.90. The summed E-state index contributed by atoms with van der Waals surface area (Å²) in [7, 11) is 0. The van der Waals surface area contributed by atoms with E-state index < -0.39 is 0 Å². The van der Waals surface area contributed by atoms with Crippen LogP contribution in [-0.2, 0) is 6.54 Å². The van der Waals surface area contributed by atoms with Gasteiger partial charge in [0, 0.05) is 23.5 Å². The highest BCUT2D eigenvalue weighted by Gasteiger charge is 1.91. The van der Waals surface area contributed by atoms with Crippen LogP contribution in [0.4, 0.5) is 0 Å². The molecule has 0 fully saturated rings. The van der Waals surface area contributed by atoms with Gasteiger partial charge in [0.15, 0.2) is 0 Å². The van der Waals surface area contributed by atoms with Gasteiger partial charge in [0.25, 0.3) is 0 Å². The molecule has 1 rings (SSSR count). The van der Waals surface area contributed by atoms with Crippen molar-refractivity contribution in [3.63, 3.8) is 0 Å². The Bertz CT molecular complexity index is 229. The van der Waals surface area contributed by atoms with E-state index >= 15 is 0 Å². The number of rotatable bonds is 2. The smallest absolute Gasteiger partial charge is 0.305 e. The molecule has 0 saturated carbocycles. The molecule has 0 bridgehead atoms. The molecule has 0 atom stereocenters. The van der Waals surface area contributed by atoms with Crippen LogP contribution in [0.3, 0.4) is 0 Å². The van der Waals surface area contributed by atoms with E-state index in [4.69, 9.17) is 0 Å². The van der Waals surface area contributed by atoms with Crippen molar-refractivity contribution in [2.24, 2.45) is 0 Å². The van der Waals surface area contributed by atoms with E-state index in [0.717, 1.165) is 11.9 Å². The summed E-state index contributed by atoms with van der Waals surface area (Å²) >= 11 is 4.48. The Morgan fingerprint density at radius 2 is 2.56 bits per heavy atom. The summed E-state index contributed by atoms with van der Waals surface area (Å²) in [6.07, 6.45) is 1.80. The second-order valence-electron chi connectivity index (χ2n) is 1.55.